The van der Waals surface area contributed by atoms with Crippen molar-refractivity contribution in [3.05, 3.63) is 47.0 Å². The van der Waals surface area contributed by atoms with Crippen molar-refractivity contribution >= 4 is 45.3 Å². The summed E-state index contributed by atoms with van der Waals surface area (Å²) in [4.78, 5) is 23.7. The van der Waals surface area contributed by atoms with E-state index in [9.17, 15) is 13.6 Å². The number of anilines is 3. The second-order valence-corrected chi connectivity index (χ2v) is 7.35. The first-order valence-corrected chi connectivity index (χ1v) is 10.00. The Morgan fingerprint density at radius 3 is 2.69 bits per heavy atom. The van der Waals surface area contributed by atoms with Crippen molar-refractivity contribution < 1.29 is 18.3 Å². The Bertz CT molecular complexity index is 1080. The minimum absolute atomic E-state index is 0.141. The fraction of sp³-hybridized carbons (Fsp3) is 0.263. The molecule has 0 spiro atoms. The summed E-state index contributed by atoms with van der Waals surface area (Å²) in [7, 11) is 3.56. The highest BCUT2D eigenvalue weighted by molar-refractivity contribution is 7.18. The van der Waals surface area contributed by atoms with Gasteiger partial charge in [-0.3, -0.25) is 9.80 Å². The molecular weight excluding hydrogens is 442 g/mol. The van der Waals surface area contributed by atoms with Gasteiger partial charge in [-0.15, -0.1) is 0 Å². The molecule has 0 radical (unpaired) electrons. The van der Waals surface area contributed by atoms with Crippen molar-refractivity contribution in [1.82, 2.24) is 15.0 Å². The zero-order valence-electron chi connectivity index (χ0n) is 17.7. The lowest BCUT2D eigenvalue weighted by Gasteiger charge is -2.16. The number of ether oxygens (including phenoxy) is 1. The summed E-state index contributed by atoms with van der Waals surface area (Å²) in [5.41, 5.74) is 7.86. The third-order valence-electron chi connectivity index (χ3n) is 4.04. The summed E-state index contributed by atoms with van der Waals surface area (Å²) in [5, 5.41) is 7.22. The molecule has 0 aliphatic carbocycles. The molecule has 3 heterocycles. The number of rotatable bonds is 8. The summed E-state index contributed by atoms with van der Waals surface area (Å²) in [5.74, 6) is 5.31. The van der Waals surface area contributed by atoms with Crippen molar-refractivity contribution in [2.24, 2.45) is 11.6 Å². The SMILES string of the molecule is CNc1cnc2sc(C)nc2c1COC.N/C=C\N(N)c1ncc(NC=O)cc1C(F)F. The third kappa shape index (κ3) is 6.06. The quantitative estimate of drug-likeness (QED) is 0.224. The van der Waals surface area contributed by atoms with Gasteiger partial charge in [0.1, 0.15) is 10.3 Å². The van der Waals surface area contributed by atoms with Crippen LogP contribution >= 0.6 is 11.3 Å². The molecule has 0 bridgehead atoms. The average Bonchev–Trinajstić information content (AvgIpc) is 3.15. The molecule has 0 fully saturated rings. The lowest BCUT2D eigenvalue weighted by molar-refractivity contribution is -0.105. The van der Waals surface area contributed by atoms with Crippen LogP contribution in [0.4, 0.5) is 26.0 Å². The molecule has 10 nitrogen and oxygen atoms in total. The molecule has 6 N–H and O–H groups in total. The number of thiazole rings is 1. The summed E-state index contributed by atoms with van der Waals surface area (Å²) >= 11 is 1.61. The van der Waals surface area contributed by atoms with Crippen LogP contribution in [-0.4, -0.2) is 35.5 Å². The van der Waals surface area contributed by atoms with Gasteiger partial charge in [0, 0.05) is 32.1 Å². The molecule has 0 saturated carbocycles. The maximum atomic E-state index is 12.8. The van der Waals surface area contributed by atoms with E-state index in [1.54, 1.807) is 18.4 Å². The molecule has 3 aromatic rings. The van der Waals surface area contributed by atoms with Crippen LogP contribution < -0.4 is 27.2 Å². The predicted octanol–water partition coefficient (Wildman–Crippen LogP) is 2.89. The van der Waals surface area contributed by atoms with Gasteiger partial charge in [0.25, 0.3) is 6.43 Å². The molecular formula is C19H24F2N8O2S. The number of pyridine rings is 2. The fourth-order valence-electron chi connectivity index (χ4n) is 2.70. The van der Waals surface area contributed by atoms with E-state index >= 15 is 0 Å². The van der Waals surface area contributed by atoms with Gasteiger partial charge in [-0.05, 0) is 13.0 Å². The summed E-state index contributed by atoms with van der Waals surface area (Å²) in [6.45, 7) is 2.54. The summed E-state index contributed by atoms with van der Waals surface area (Å²) in [6.07, 6.45) is 2.90. The number of hydrogen-bond donors (Lipinski definition) is 4. The molecule has 32 heavy (non-hydrogen) atoms. The van der Waals surface area contributed by atoms with E-state index in [-0.39, 0.29) is 11.5 Å². The molecule has 172 valence electrons. The second-order valence-electron chi connectivity index (χ2n) is 6.17. The Kier molecular flexibility index (Phi) is 9.19. The van der Waals surface area contributed by atoms with Gasteiger partial charge in [0.05, 0.1) is 40.9 Å². The van der Waals surface area contributed by atoms with Gasteiger partial charge in [0.2, 0.25) is 6.41 Å². The van der Waals surface area contributed by atoms with Crippen LogP contribution in [0.3, 0.4) is 0 Å². The molecule has 1 amide bonds. The summed E-state index contributed by atoms with van der Waals surface area (Å²) in [6, 6.07) is 1.09. The van der Waals surface area contributed by atoms with Crippen LogP contribution in [0.25, 0.3) is 10.3 Å². The number of aromatic nitrogens is 3. The van der Waals surface area contributed by atoms with Crippen LogP contribution in [0.2, 0.25) is 0 Å². The molecule has 0 unspecified atom stereocenters. The lowest BCUT2D eigenvalue weighted by atomic mass is 10.2. The van der Waals surface area contributed by atoms with E-state index in [1.807, 2.05) is 20.2 Å². The summed E-state index contributed by atoms with van der Waals surface area (Å²) < 4.78 is 30.7. The van der Waals surface area contributed by atoms with Gasteiger partial charge in [-0.2, -0.15) is 0 Å². The van der Waals surface area contributed by atoms with Gasteiger partial charge in [-0.1, -0.05) is 11.3 Å². The van der Waals surface area contributed by atoms with E-state index in [0.717, 1.165) is 43.9 Å². The number of nitrogens with zero attached hydrogens (tertiary/aromatic N) is 4. The number of hydrogen-bond acceptors (Lipinski definition) is 10. The molecule has 3 rings (SSSR count). The first-order valence-electron chi connectivity index (χ1n) is 9.18. The zero-order chi connectivity index (χ0) is 23.7. The van der Waals surface area contributed by atoms with E-state index < -0.39 is 12.0 Å². The van der Waals surface area contributed by atoms with Crippen LogP contribution in [-0.2, 0) is 16.1 Å². The monoisotopic (exact) mass is 466 g/mol. The number of carbonyl (C=O) groups excluding carboxylic acids is 1. The van der Waals surface area contributed by atoms with Crippen LogP contribution in [0.1, 0.15) is 22.6 Å². The number of halogens is 2. The normalized spacial score (nSPS) is 10.8. The molecule has 13 heteroatoms. The maximum absolute atomic E-state index is 12.8. The minimum atomic E-state index is -2.77. The first kappa shape index (κ1) is 24.8. The van der Waals surface area contributed by atoms with Gasteiger partial charge >= 0.3 is 0 Å². The number of fused-ring (bicyclic) bond motifs is 1. The van der Waals surface area contributed by atoms with Crippen LogP contribution in [0.15, 0.2) is 30.9 Å². The Hall–Kier alpha value is -3.42. The van der Waals surface area contributed by atoms with Crippen molar-refractivity contribution in [2.45, 2.75) is 20.0 Å². The number of methoxy groups -OCH3 is 1. The number of nitrogens with two attached hydrogens (primary N) is 2. The Balaban J connectivity index is 0.000000228. The average molecular weight is 467 g/mol. The molecule has 0 aromatic carbocycles. The topological polar surface area (TPSA) is 144 Å². The van der Waals surface area contributed by atoms with Crippen molar-refractivity contribution in [1.29, 1.82) is 0 Å². The number of hydrazine groups is 1. The van der Waals surface area contributed by atoms with Crippen molar-refractivity contribution in [3.8, 4) is 0 Å². The number of nitrogens with one attached hydrogen (secondary N) is 2. The number of aryl methyl sites for hydroxylation is 1. The maximum Gasteiger partial charge on any atom is 0.267 e. The van der Waals surface area contributed by atoms with E-state index in [4.69, 9.17) is 16.3 Å². The highest BCUT2D eigenvalue weighted by Crippen LogP contribution is 2.29. The molecule has 3 aromatic heterocycles. The standard InChI is InChI=1S/C10H13N3OS.C9H11F2N5O/c1-6-13-9-7(5-14-3)8(11-2)4-12-10(9)15-6;10-8(11)7-3-6(15-5-17)4-14-9(7)16(13)2-1-12/h4,11H,5H2,1-3H3;1-5,8H,12-13H2,(H,15,17)/b;2-1-. The lowest BCUT2D eigenvalue weighted by Crippen LogP contribution is -2.27. The van der Waals surface area contributed by atoms with Crippen molar-refractivity contribution in [3.63, 3.8) is 0 Å². The molecule has 0 saturated heterocycles. The van der Waals surface area contributed by atoms with Gasteiger partial charge in [0.15, 0.2) is 5.82 Å². The van der Waals surface area contributed by atoms with Crippen LogP contribution in [0, 0.1) is 6.92 Å². The van der Waals surface area contributed by atoms with E-state index in [0.29, 0.717) is 13.0 Å². The Morgan fingerprint density at radius 1 is 1.34 bits per heavy atom. The van der Waals surface area contributed by atoms with E-state index in [1.165, 1.54) is 12.4 Å². The highest BCUT2D eigenvalue weighted by atomic mass is 32.1. The largest absolute Gasteiger partial charge is 0.403 e. The Morgan fingerprint density at radius 2 is 2.09 bits per heavy atom. The smallest absolute Gasteiger partial charge is 0.267 e. The predicted molar refractivity (Wildman–Crippen MR) is 121 cm³/mol. The molecule has 0 atom stereocenters. The number of carbonyl (C=O) groups is 1. The molecule has 0 aliphatic heterocycles. The van der Waals surface area contributed by atoms with Gasteiger partial charge in [-0.25, -0.2) is 29.6 Å². The number of alkyl halides is 2. The van der Waals surface area contributed by atoms with Crippen molar-refractivity contribution in [2.75, 3.05) is 29.8 Å². The third-order valence-corrected chi connectivity index (χ3v) is 4.92. The van der Waals surface area contributed by atoms with E-state index in [2.05, 4.69) is 25.6 Å². The molecule has 0 aliphatic rings. The highest BCUT2D eigenvalue weighted by Gasteiger charge is 2.17. The minimum Gasteiger partial charge on any atom is -0.403 e. The van der Waals surface area contributed by atoms with Crippen LogP contribution in [0.5, 0.6) is 0 Å². The Labute approximate surface area is 187 Å². The van der Waals surface area contributed by atoms with Gasteiger partial charge < -0.3 is 21.1 Å². The fourth-order valence-corrected chi connectivity index (χ4v) is 3.48. The second kappa shape index (κ2) is 11.8. The number of amides is 1. The first-order chi connectivity index (χ1) is 15.4. The zero-order valence-corrected chi connectivity index (χ0v) is 18.5.